The molecule has 0 spiro atoms. The Hall–Kier alpha value is -2.62. The number of morpholine rings is 2. The average molecular weight is 430 g/mol. The number of carbonyl (C=O) groups is 1. The Balaban J connectivity index is 1.31. The van der Waals surface area contributed by atoms with Crippen molar-refractivity contribution in [2.75, 3.05) is 33.0 Å². The van der Waals surface area contributed by atoms with Gasteiger partial charge in [-0.05, 0) is 37.3 Å². The Kier molecular flexibility index (Phi) is 4.68. The van der Waals surface area contributed by atoms with Gasteiger partial charge in [0.05, 0.1) is 17.1 Å². The van der Waals surface area contributed by atoms with Gasteiger partial charge in [0.25, 0.3) is 5.91 Å². The Morgan fingerprint density at radius 1 is 0.933 bits per heavy atom. The minimum Gasteiger partial charge on any atom is -0.454 e. The summed E-state index contributed by atoms with van der Waals surface area (Å²) in [6, 6.07) is 12.0. The number of hydrogen-bond acceptors (Lipinski definition) is 6. The summed E-state index contributed by atoms with van der Waals surface area (Å²) >= 11 is 0. The van der Waals surface area contributed by atoms with Crippen LogP contribution in [-0.2, 0) is 14.8 Å². The van der Waals surface area contributed by atoms with Crippen LogP contribution in [0.15, 0.2) is 47.4 Å². The molecule has 5 rings (SSSR count). The maximum Gasteiger partial charge on any atom is 0.254 e. The van der Waals surface area contributed by atoms with Crippen LogP contribution in [0.1, 0.15) is 15.9 Å². The van der Waals surface area contributed by atoms with Gasteiger partial charge < -0.3 is 19.1 Å². The first kappa shape index (κ1) is 19.3. The highest BCUT2D eigenvalue weighted by atomic mass is 32.2. The second kappa shape index (κ2) is 7.26. The summed E-state index contributed by atoms with van der Waals surface area (Å²) in [4.78, 5) is 15.0. The molecule has 2 aromatic rings. The van der Waals surface area contributed by atoms with Gasteiger partial charge in [-0.3, -0.25) is 4.79 Å². The first-order valence-corrected chi connectivity index (χ1v) is 11.3. The van der Waals surface area contributed by atoms with Crippen LogP contribution in [0.25, 0.3) is 0 Å². The quantitative estimate of drug-likeness (QED) is 0.736. The van der Waals surface area contributed by atoms with Gasteiger partial charge in [0, 0.05) is 31.7 Å². The number of carbonyl (C=O) groups excluding carboxylic acids is 1. The van der Waals surface area contributed by atoms with E-state index in [0.717, 1.165) is 5.56 Å². The van der Waals surface area contributed by atoms with E-state index in [0.29, 0.717) is 30.2 Å². The summed E-state index contributed by atoms with van der Waals surface area (Å²) in [7, 11) is -3.60. The third-order valence-electron chi connectivity index (χ3n) is 5.61. The van der Waals surface area contributed by atoms with Gasteiger partial charge in [-0.2, -0.15) is 4.31 Å². The molecule has 30 heavy (non-hydrogen) atoms. The van der Waals surface area contributed by atoms with E-state index in [4.69, 9.17) is 14.2 Å². The van der Waals surface area contributed by atoms with Crippen molar-refractivity contribution in [1.82, 2.24) is 9.21 Å². The largest absolute Gasteiger partial charge is 0.454 e. The number of amides is 1. The van der Waals surface area contributed by atoms with Gasteiger partial charge in [0.2, 0.25) is 16.8 Å². The molecule has 158 valence electrons. The van der Waals surface area contributed by atoms with Gasteiger partial charge >= 0.3 is 0 Å². The van der Waals surface area contributed by atoms with Gasteiger partial charge in [0.1, 0.15) is 0 Å². The second-order valence-electron chi connectivity index (χ2n) is 7.79. The van der Waals surface area contributed by atoms with Crippen LogP contribution in [0.5, 0.6) is 11.5 Å². The monoisotopic (exact) mass is 430 g/mol. The van der Waals surface area contributed by atoms with Crippen LogP contribution >= 0.6 is 0 Å². The molecular weight excluding hydrogens is 408 g/mol. The molecule has 0 N–H and O–H groups in total. The molecule has 9 heteroatoms. The fraction of sp³-hybridized carbons (Fsp3) is 0.381. The van der Waals surface area contributed by atoms with Crippen LogP contribution < -0.4 is 9.47 Å². The molecular formula is C21H22N2O6S. The summed E-state index contributed by atoms with van der Waals surface area (Å²) in [5, 5.41) is 0. The summed E-state index contributed by atoms with van der Waals surface area (Å²) in [6.45, 7) is 3.18. The summed E-state index contributed by atoms with van der Waals surface area (Å²) in [6.07, 6.45) is -0.730. The molecule has 8 nitrogen and oxygen atoms in total. The molecule has 3 heterocycles. The number of ether oxygens (including phenoxy) is 3. The van der Waals surface area contributed by atoms with Crippen molar-refractivity contribution in [2.24, 2.45) is 0 Å². The number of nitrogens with zero attached hydrogens (tertiary/aromatic N) is 2. The van der Waals surface area contributed by atoms with Crippen molar-refractivity contribution in [3.8, 4) is 11.5 Å². The van der Waals surface area contributed by atoms with E-state index < -0.39 is 10.0 Å². The lowest BCUT2D eigenvalue weighted by molar-refractivity contribution is -0.113. The lowest BCUT2D eigenvalue weighted by Crippen LogP contribution is -2.61. The molecule has 2 aromatic carbocycles. The molecule has 2 saturated heterocycles. The molecule has 0 aromatic heterocycles. The van der Waals surface area contributed by atoms with E-state index >= 15 is 0 Å². The summed E-state index contributed by atoms with van der Waals surface area (Å²) in [5.41, 5.74) is 1.52. The molecule has 2 atom stereocenters. The third-order valence-corrected chi connectivity index (χ3v) is 7.46. The molecule has 0 aliphatic carbocycles. The lowest BCUT2D eigenvalue weighted by atomic mass is 10.1. The van der Waals surface area contributed by atoms with E-state index in [-0.39, 0.29) is 42.9 Å². The minimum absolute atomic E-state index is 0.124. The fourth-order valence-corrected chi connectivity index (χ4v) is 5.59. The zero-order chi connectivity index (χ0) is 20.9. The normalized spacial score (nSPS) is 23.4. The molecule has 3 aliphatic rings. The highest BCUT2D eigenvalue weighted by Crippen LogP contribution is 2.33. The number of sulfonamides is 1. The van der Waals surface area contributed by atoms with E-state index in [1.165, 1.54) is 4.31 Å². The summed E-state index contributed by atoms with van der Waals surface area (Å²) < 4.78 is 44.2. The van der Waals surface area contributed by atoms with Crippen LogP contribution in [0.2, 0.25) is 0 Å². The molecule has 2 bridgehead atoms. The van der Waals surface area contributed by atoms with Crippen molar-refractivity contribution in [3.63, 3.8) is 0 Å². The Labute approximate surface area is 175 Å². The van der Waals surface area contributed by atoms with Gasteiger partial charge in [-0.15, -0.1) is 0 Å². The van der Waals surface area contributed by atoms with E-state index in [2.05, 4.69) is 0 Å². The van der Waals surface area contributed by atoms with E-state index in [9.17, 15) is 13.2 Å². The summed E-state index contributed by atoms with van der Waals surface area (Å²) in [5.74, 6) is 1.06. The third kappa shape index (κ3) is 3.42. The maximum absolute atomic E-state index is 13.0. The first-order chi connectivity index (χ1) is 14.4. The Bertz CT molecular complexity index is 1070. The number of benzene rings is 2. The van der Waals surface area contributed by atoms with Crippen LogP contribution in [0.3, 0.4) is 0 Å². The Morgan fingerprint density at radius 2 is 1.60 bits per heavy atom. The van der Waals surface area contributed by atoms with Crippen molar-refractivity contribution in [2.45, 2.75) is 24.0 Å². The minimum atomic E-state index is -3.60. The molecule has 1 amide bonds. The van der Waals surface area contributed by atoms with E-state index in [1.807, 2.05) is 6.92 Å². The van der Waals surface area contributed by atoms with Crippen LogP contribution in [0, 0.1) is 6.92 Å². The highest BCUT2D eigenvalue weighted by molar-refractivity contribution is 7.89. The number of hydrogen-bond donors (Lipinski definition) is 0. The maximum atomic E-state index is 13.0. The SMILES string of the molecule is Cc1ccc(S(=O)(=O)N2CC3CN(C(=O)c4ccc5c(c4)OCO5)CC(C2)O3)cc1. The number of fused-ring (bicyclic) bond motifs is 3. The van der Waals surface area contributed by atoms with Crippen molar-refractivity contribution >= 4 is 15.9 Å². The molecule has 2 fully saturated rings. The molecule has 0 saturated carbocycles. The predicted molar refractivity (Wildman–Crippen MR) is 107 cm³/mol. The van der Waals surface area contributed by atoms with Crippen LogP contribution in [0.4, 0.5) is 0 Å². The molecule has 3 aliphatic heterocycles. The smallest absolute Gasteiger partial charge is 0.254 e. The number of rotatable bonds is 3. The first-order valence-electron chi connectivity index (χ1n) is 9.81. The van der Waals surface area contributed by atoms with Crippen molar-refractivity contribution in [3.05, 3.63) is 53.6 Å². The topological polar surface area (TPSA) is 85.4 Å². The van der Waals surface area contributed by atoms with Gasteiger partial charge in [0.15, 0.2) is 11.5 Å². The van der Waals surface area contributed by atoms with Gasteiger partial charge in [-0.1, -0.05) is 17.7 Å². The number of aryl methyl sites for hydroxylation is 1. The second-order valence-corrected chi connectivity index (χ2v) is 9.73. The van der Waals surface area contributed by atoms with Crippen LogP contribution in [-0.4, -0.2) is 68.7 Å². The molecule has 2 unspecified atom stereocenters. The highest BCUT2D eigenvalue weighted by Gasteiger charge is 2.41. The standard InChI is InChI=1S/C21H22N2O6S/c1-14-2-5-18(6-3-14)30(25,26)23-11-16-9-22(10-17(12-23)29-16)21(24)15-4-7-19-20(8-15)28-13-27-19/h2-8,16-17H,9-13H2,1H3. The average Bonchev–Trinajstić information content (AvgIpc) is 3.20. The zero-order valence-corrected chi connectivity index (χ0v) is 17.3. The lowest BCUT2D eigenvalue weighted by Gasteiger charge is -2.45. The fourth-order valence-electron chi connectivity index (χ4n) is 4.09. The molecule has 0 radical (unpaired) electrons. The Morgan fingerprint density at radius 3 is 2.30 bits per heavy atom. The zero-order valence-electron chi connectivity index (χ0n) is 16.5. The van der Waals surface area contributed by atoms with Crippen molar-refractivity contribution < 1.29 is 27.4 Å². The van der Waals surface area contributed by atoms with Gasteiger partial charge in [-0.25, -0.2) is 8.42 Å². The predicted octanol–water partition coefficient (Wildman–Crippen LogP) is 1.64. The van der Waals surface area contributed by atoms with E-state index in [1.54, 1.807) is 47.4 Å². The van der Waals surface area contributed by atoms with Crippen molar-refractivity contribution in [1.29, 1.82) is 0 Å².